The third-order valence-electron chi connectivity index (χ3n) is 8.34. The van der Waals surface area contributed by atoms with Crippen LogP contribution < -0.4 is 0 Å². The highest BCUT2D eigenvalue weighted by Crippen LogP contribution is 2.33. The highest BCUT2D eigenvalue weighted by molar-refractivity contribution is 5.81. The van der Waals surface area contributed by atoms with E-state index in [2.05, 4.69) is 140 Å². The predicted molar refractivity (Wildman–Crippen MR) is 196 cm³/mol. The molecule has 0 radical (unpaired) electrons. The highest BCUT2D eigenvalue weighted by atomic mass is 14.9. The third kappa shape index (κ3) is 6.85. The normalized spacial score (nSPS) is 14.7. The molecule has 2 atom stereocenters. The monoisotopic (exact) mass is 595 g/mol. The summed E-state index contributed by atoms with van der Waals surface area (Å²) in [5.41, 5.74) is 10.5. The molecule has 224 valence electrons. The van der Waals surface area contributed by atoms with E-state index in [1.165, 1.54) is 5.56 Å². The largest absolute Gasteiger partial charge is 0.269 e. The van der Waals surface area contributed by atoms with Crippen molar-refractivity contribution in [1.82, 2.24) is 9.97 Å². The van der Waals surface area contributed by atoms with Gasteiger partial charge >= 0.3 is 0 Å². The van der Waals surface area contributed by atoms with Crippen molar-refractivity contribution in [2.75, 3.05) is 0 Å². The van der Waals surface area contributed by atoms with Crippen LogP contribution in [0.3, 0.4) is 0 Å². The van der Waals surface area contributed by atoms with Gasteiger partial charge < -0.3 is 0 Å². The number of aliphatic imine (C=N–C) groups is 1. The zero-order valence-corrected chi connectivity index (χ0v) is 26.0. The van der Waals surface area contributed by atoms with Gasteiger partial charge in [0.1, 0.15) is 0 Å². The van der Waals surface area contributed by atoms with Gasteiger partial charge in [0, 0.05) is 35.4 Å². The van der Waals surface area contributed by atoms with Crippen LogP contribution in [0.15, 0.2) is 158 Å². The molecule has 2 heterocycles. The first-order valence-corrected chi connectivity index (χ1v) is 15.7. The minimum absolute atomic E-state index is 0.0289. The van der Waals surface area contributed by atoms with Crippen LogP contribution in [0.2, 0.25) is 0 Å². The molecule has 0 saturated carbocycles. The van der Waals surface area contributed by atoms with Gasteiger partial charge in [-0.05, 0) is 58.4 Å². The quantitative estimate of drug-likeness (QED) is 0.142. The molecule has 46 heavy (non-hydrogen) atoms. The summed E-state index contributed by atoms with van der Waals surface area (Å²) >= 11 is 0. The zero-order valence-electron chi connectivity index (χ0n) is 26.0. The molecule has 1 aliphatic rings. The van der Waals surface area contributed by atoms with E-state index < -0.39 is 0 Å². The summed E-state index contributed by atoms with van der Waals surface area (Å²) < 4.78 is 0. The lowest BCUT2D eigenvalue weighted by Crippen LogP contribution is -2.03. The van der Waals surface area contributed by atoms with Gasteiger partial charge in [-0.3, -0.25) is 4.99 Å². The second-order valence-electron chi connectivity index (χ2n) is 11.3. The van der Waals surface area contributed by atoms with Crippen LogP contribution in [0, 0.1) is 5.92 Å². The van der Waals surface area contributed by atoms with Crippen molar-refractivity contribution in [3.63, 3.8) is 0 Å². The first kappa shape index (κ1) is 30.4. The molecule has 1 aromatic heterocycles. The Morgan fingerprint density at radius 1 is 0.717 bits per heavy atom. The second-order valence-corrected chi connectivity index (χ2v) is 11.3. The van der Waals surface area contributed by atoms with Crippen LogP contribution in [0.1, 0.15) is 35.6 Å². The van der Waals surface area contributed by atoms with Crippen LogP contribution in [-0.4, -0.2) is 16.2 Å². The van der Waals surface area contributed by atoms with Gasteiger partial charge in [0.15, 0.2) is 5.82 Å². The predicted octanol–water partition coefficient (Wildman–Crippen LogP) is 11.3. The zero-order chi connectivity index (χ0) is 31.7. The number of allylic oxidation sites excluding steroid dienone is 4. The van der Waals surface area contributed by atoms with Crippen LogP contribution >= 0.6 is 0 Å². The lowest BCUT2D eigenvalue weighted by atomic mass is 9.94. The van der Waals surface area contributed by atoms with Crippen molar-refractivity contribution < 1.29 is 0 Å². The van der Waals surface area contributed by atoms with Crippen molar-refractivity contribution in [3.8, 4) is 44.9 Å². The molecular weight excluding hydrogens is 558 g/mol. The molecule has 0 spiro atoms. The minimum Gasteiger partial charge on any atom is -0.269 e. The molecule has 0 amide bonds. The van der Waals surface area contributed by atoms with Crippen molar-refractivity contribution in [1.29, 1.82) is 0 Å². The Balaban J connectivity index is 1.39. The summed E-state index contributed by atoms with van der Waals surface area (Å²) in [6.07, 6.45) is 17.9. The van der Waals surface area contributed by atoms with Crippen molar-refractivity contribution in [3.05, 3.63) is 170 Å². The average molecular weight is 596 g/mol. The highest BCUT2D eigenvalue weighted by Gasteiger charge is 2.16. The molecule has 0 saturated heterocycles. The topological polar surface area (TPSA) is 38.1 Å². The molecule has 3 nitrogen and oxygen atoms in total. The molecule has 2 unspecified atom stereocenters. The lowest BCUT2D eigenvalue weighted by molar-refractivity contribution is 0.807. The van der Waals surface area contributed by atoms with Gasteiger partial charge in [0.2, 0.25) is 0 Å². The van der Waals surface area contributed by atoms with Gasteiger partial charge in [-0.1, -0.05) is 141 Å². The number of benzene rings is 4. The summed E-state index contributed by atoms with van der Waals surface area (Å²) in [6, 6.07) is 35.8. The number of aromatic nitrogens is 2. The molecule has 0 bridgehead atoms. The molecule has 1 aliphatic heterocycles. The SMILES string of the molecule is C=Cc1cccc(-c2ccc(-c3nc(-c4cccc(-c5ccccc5)c4)cc(C(C=C)C/C=C/C4C=NC=CC4)n3)cc2)c1C=C. The van der Waals surface area contributed by atoms with E-state index in [1.807, 2.05) is 36.7 Å². The summed E-state index contributed by atoms with van der Waals surface area (Å²) in [6.45, 7) is 12.2. The molecule has 0 aliphatic carbocycles. The van der Waals surface area contributed by atoms with Gasteiger partial charge in [-0.2, -0.15) is 0 Å². The summed E-state index contributed by atoms with van der Waals surface area (Å²) in [5.74, 6) is 1.04. The van der Waals surface area contributed by atoms with E-state index in [9.17, 15) is 0 Å². The third-order valence-corrected chi connectivity index (χ3v) is 8.34. The van der Waals surface area contributed by atoms with Crippen molar-refractivity contribution in [2.24, 2.45) is 10.9 Å². The fourth-order valence-electron chi connectivity index (χ4n) is 5.83. The number of hydrogen-bond acceptors (Lipinski definition) is 3. The standard InChI is InChI=1S/C43H37N3/c1-4-32-18-12-22-40(39(32)6-3)35-23-25-36(26-24-35)43-45-41(33(5-2)19-10-14-31-15-13-27-44-30-31)29-42(46-43)38-21-11-20-37(28-38)34-16-8-7-9-17-34/h4-14,16-18,20-31,33H,1-3,15,19H2/b14-10+. The van der Waals surface area contributed by atoms with Crippen molar-refractivity contribution >= 4 is 18.4 Å². The molecular formula is C43H37N3. The van der Waals surface area contributed by atoms with E-state index in [0.717, 1.165) is 63.2 Å². The maximum atomic E-state index is 5.13. The van der Waals surface area contributed by atoms with Crippen LogP contribution in [0.4, 0.5) is 0 Å². The Morgan fingerprint density at radius 2 is 1.48 bits per heavy atom. The number of nitrogens with zero attached hydrogens (tertiary/aromatic N) is 3. The molecule has 3 heteroatoms. The van der Waals surface area contributed by atoms with Gasteiger partial charge in [0.25, 0.3) is 0 Å². The maximum Gasteiger partial charge on any atom is 0.160 e. The molecule has 5 aromatic rings. The second kappa shape index (κ2) is 14.4. The van der Waals surface area contributed by atoms with E-state index in [-0.39, 0.29) is 5.92 Å². The van der Waals surface area contributed by atoms with Crippen LogP contribution in [0.25, 0.3) is 57.1 Å². The van der Waals surface area contributed by atoms with E-state index in [0.29, 0.717) is 11.7 Å². The summed E-state index contributed by atoms with van der Waals surface area (Å²) in [4.78, 5) is 14.5. The Labute approximate surface area is 272 Å². The van der Waals surface area contributed by atoms with Gasteiger partial charge in [-0.25, -0.2) is 9.97 Å². The Hall–Kier alpha value is -5.67. The van der Waals surface area contributed by atoms with Crippen LogP contribution in [-0.2, 0) is 0 Å². The number of hydrogen-bond donors (Lipinski definition) is 0. The first-order chi connectivity index (χ1) is 22.7. The fraction of sp³-hybridized carbons (Fsp3) is 0.0930. The maximum absolute atomic E-state index is 5.13. The summed E-state index contributed by atoms with van der Waals surface area (Å²) in [5, 5.41) is 0. The van der Waals surface area contributed by atoms with Crippen LogP contribution in [0.5, 0.6) is 0 Å². The lowest BCUT2D eigenvalue weighted by Gasteiger charge is -2.15. The molecule has 0 N–H and O–H groups in total. The van der Waals surface area contributed by atoms with E-state index in [4.69, 9.17) is 9.97 Å². The minimum atomic E-state index is 0.0289. The number of rotatable bonds is 11. The Kier molecular flexibility index (Phi) is 9.51. The smallest absolute Gasteiger partial charge is 0.160 e. The summed E-state index contributed by atoms with van der Waals surface area (Å²) in [7, 11) is 0. The fourth-order valence-corrected chi connectivity index (χ4v) is 5.83. The molecule has 4 aromatic carbocycles. The average Bonchev–Trinajstić information content (AvgIpc) is 3.13. The van der Waals surface area contributed by atoms with E-state index >= 15 is 0 Å². The van der Waals surface area contributed by atoms with E-state index in [1.54, 1.807) is 0 Å². The first-order valence-electron chi connectivity index (χ1n) is 15.7. The van der Waals surface area contributed by atoms with Gasteiger partial charge in [-0.15, -0.1) is 6.58 Å². The Bertz CT molecular complexity index is 1940. The molecule has 0 fully saturated rings. The molecule has 6 rings (SSSR count). The van der Waals surface area contributed by atoms with Crippen molar-refractivity contribution in [2.45, 2.75) is 18.8 Å². The van der Waals surface area contributed by atoms with Gasteiger partial charge in [0.05, 0.1) is 11.4 Å². The Morgan fingerprint density at radius 3 is 2.22 bits per heavy atom.